The molecule has 0 aromatic carbocycles. The number of nitrogens with zero attached hydrogens (tertiary/aromatic N) is 1. The van der Waals surface area contributed by atoms with Crippen molar-refractivity contribution in [2.24, 2.45) is 5.92 Å². The molecule has 1 saturated heterocycles. The number of rotatable bonds is 3. The van der Waals surface area contributed by atoms with Crippen molar-refractivity contribution in [3.8, 4) is 12.3 Å². The first-order valence-corrected chi connectivity index (χ1v) is 5.45. The topological polar surface area (TPSA) is 20.3 Å². The molecule has 2 atom stereocenters. The third-order valence-electron chi connectivity index (χ3n) is 3.02. The van der Waals surface area contributed by atoms with Crippen LogP contribution in [0, 0.1) is 18.3 Å². The first-order chi connectivity index (χ1) is 6.57. The van der Waals surface area contributed by atoms with Crippen LogP contribution < -0.4 is 0 Å². The Morgan fingerprint density at radius 3 is 2.79 bits per heavy atom. The molecule has 0 saturated carbocycles. The van der Waals surface area contributed by atoms with Crippen LogP contribution in [-0.2, 0) is 4.79 Å². The monoisotopic (exact) mass is 213 g/mol. The van der Waals surface area contributed by atoms with Gasteiger partial charge in [0.1, 0.15) is 5.54 Å². The molecule has 0 aliphatic carbocycles. The van der Waals surface area contributed by atoms with E-state index < -0.39 is 5.54 Å². The fourth-order valence-corrected chi connectivity index (χ4v) is 1.94. The van der Waals surface area contributed by atoms with Gasteiger partial charge in [-0.25, -0.2) is 0 Å². The van der Waals surface area contributed by atoms with Crippen molar-refractivity contribution in [2.45, 2.75) is 32.2 Å². The Kier molecular flexibility index (Phi) is 3.44. The average molecular weight is 214 g/mol. The third kappa shape index (κ3) is 1.88. The number of carbonyl (C=O) groups is 1. The minimum absolute atomic E-state index is 0.137. The van der Waals surface area contributed by atoms with Crippen LogP contribution in [0.5, 0.6) is 0 Å². The van der Waals surface area contributed by atoms with E-state index >= 15 is 0 Å². The number of carbonyl (C=O) groups excluding carboxylic acids is 1. The van der Waals surface area contributed by atoms with Crippen molar-refractivity contribution in [3.05, 3.63) is 0 Å². The molecule has 0 spiro atoms. The van der Waals surface area contributed by atoms with Gasteiger partial charge in [-0.2, -0.15) is 0 Å². The van der Waals surface area contributed by atoms with E-state index in [0.29, 0.717) is 18.8 Å². The van der Waals surface area contributed by atoms with Gasteiger partial charge in [0.15, 0.2) is 0 Å². The molecule has 0 bridgehead atoms. The number of alkyl halides is 1. The predicted octanol–water partition coefficient (Wildman–Crippen LogP) is 1.88. The van der Waals surface area contributed by atoms with E-state index in [1.54, 1.807) is 4.90 Å². The normalized spacial score (nSPS) is 26.0. The van der Waals surface area contributed by atoms with Crippen LogP contribution >= 0.6 is 11.6 Å². The minimum atomic E-state index is -0.433. The zero-order chi connectivity index (χ0) is 10.8. The molecule has 14 heavy (non-hydrogen) atoms. The molecule has 2 unspecified atom stereocenters. The molecule has 0 aromatic heterocycles. The Morgan fingerprint density at radius 2 is 2.43 bits per heavy atom. The highest BCUT2D eigenvalue weighted by Gasteiger charge is 2.38. The standard InChI is InChI=1S/C11H16ClNO/c1-4-11(3,5-2)13-8-9(7-12)6-10(13)14/h1,9H,5-8H2,2-3H3. The fraction of sp³-hybridized carbons (Fsp3) is 0.727. The van der Waals surface area contributed by atoms with E-state index in [0.717, 1.165) is 6.42 Å². The van der Waals surface area contributed by atoms with Crippen LogP contribution in [0.4, 0.5) is 0 Å². The van der Waals surface area contributed by atoms with Crippen molar-refractivity contribution >= 4 is 17.5 Å². The maximum absolute atomic E-state index is 11.7. The molecule has 1 amide bonds. The van der Waals surface area contributed by atoms with Crippen LogP contribution in [0.1, 0.15) is 26.7 Å². The first-order valence-electron chi connectivity index (χ1n) is 4.91. The Labute approximate surface area is 90.6 Å². The third-order valence-corrected chi connectivity index (χ3v) is 3.45. The Morgan fingerprint density at radius 1 is 1.79 bits per heavy atom. The molecule has 2 nitrogen and oxygen atoms in total. The van der Waals surface area contributed by atoms with Gasteiger partial charge in [0.25, 0.3) is 0 Å². The van der Waals surface area contributed by atoms with E-state index in [1.165, 1.54) is 0 Å². The van der Waals surface area contributed by atoms with Gasteiger partial charge in [-0.15, -0.1) is 18.0 Å². The number of amides is 1. The largest absolute Gasteiger partial charge is 0.326 e. The van der Waals surface area contributed by atoms with Crippen molar-refractivity contribution in [3.63, 3.8) is 0 Å². The van der Waals surface area contributed by atoms with Gasteiger partial charge in [-0.05, 0) is 19.3 Å². The Balaban J connectivity index is 2.80. The summed E-state index contributed by atoms with van der Waals surface area (Å²) >= 11 is 5.74. The van der Waals surface area contributed by atoms with E-state index in [2.05, 4.69) is 5.92 Å². The minimum Gasteiger partial charge on any atom is -0.326 e. The number of halogens is 1. The van der Waals surface area contributed by atoms with Crippen LogP contribution in [0.25, 0.3) is 0 Å². The van der Waals surface area contributed by atoms with E-state index in [1.807, 2.05) is 13.8 Å². The summed E-state index contributed by atoms with van der Waals surface area (Å²) in [6, 6.07) is 0. The van der Waals surface area contributed by atoms with E-state index in [-0.39, 0.29) is 11.8 Å². The molecular weight excluding hydrogens is 198 g/mol. The quantitative estimate of drug-likeness (QED) is 0.518. The number of likely N-dealkylation sites (tertiary alicyclic amines) is 1. The highest BCUT2D eigenvalue weighted by atomic mass is 35.5. The zero-order valence-electron chi connectivity index (χ0n) is 8.72. The van der Waals surface area contributed by atoms with E-state index in [4.69, 9.17) is 18.0 Å². The summed E-state index contributed by atoms with van der Waals surface area (Å²) in [4.78, 5) is 13.5. The van der Waals surface area contributed by atoms with Gasteiger partial charge in [-0.1, -0.05) is 12.8 Å². The van der Waals surface area contributed by atoms with Crippen molar-refractivity contribution in [1.82, 2.24) is 4.90 Å². The smallest absolute Gasteiger partial charge is 0.224 e. The van der Waals surface area contributed by atoms with Crippen molar-refractivity contribution in [1.29, 1.82) is 0 Å². The van der Waals surface area contributed by atoms with Gasteiger partial charge in [0.05, 0.1) is 0 Å². The summed E-state index contributed by atoms with van der Waals surface area (Å²) < 4.78 is 0. The lowest BCUT2D eigenvalue weighted by atomic mass is 9.98. The van der Waals surface area contributed by atoms with Gasteiger partial charge < -0.3 is 4.90 Å². The summed E-state index contributed by atoms with van der Waals surface area (Å²) in [5.74, 6) is 3.65. The second kappa shape index (κ2) is 4.23. The molecule has 1 aliphatic heterocycles. The summed E-state index contributed by atoms with van der Waals surface area (Å²) in [5, 5.41) is 0. The molecule has 1 fully saturated rings. The predicted molar refractivity (Wildman–Crippen MR) is 58.1 cm³/mol. The molecular formula is C11H16ClNO. The van der Waals surface area contributed by atoms with Crippen LogP contribution in [0.3, 0.4) is 0 Å². The first kappa shape index (κ1) is 11.4. The van der Waals surface area contributed by atoms with E-state index in [9.17, 15) is 4.79 Å². The van der Waals surface area contributed by atoms with Crippen LogP contribution in [0.15, 0.2) is 0 Å². The second-order valence-electron chi connectivity index (χ2n) is 4.00. The fourth-order valence-electron chi connectivity index (χ4n) is 1.73. The molecule has 1 aliphatic rings. The average Bonchev–Trinajstić information content (AvgIpc) is 2.59. The van der Waals surface area contributed by atoms with Crippen molar-refractivity contribution in [2.75, 3.05) is 12.4 Å². The van der Waals surface area contributed by atoms with Crippen molar-refractivity contribution < 1.29 is 4.79 Å². The zero-order valence-corrected chi connectivity index (χ0v) is 9.47. The maximum Gasteiger partial charge on any atom is 0.224 e. The Bertz CT molecular complexity index is 271. The maximum atomic E-state index is 11.7. The molecule has 0 N–H and O–H groups in total. The number of hydrogen-bond acceptors (Lipinski definition) is 1. The molecule has 0 radical (unpaired) electrons. The Hall–Kier alpha value is -0.680. The summed E-state index contributed by atoms with van der Waals surface area (Å²) in [7, 11) is 0. The lowest BCUT2D eigenvalue weighted by Gasteiger charge is -2.33. The van der Waals surface area contributed by atoms with Gasteiger partial charge in [-0.3, -0.25) is 4.79 Å². The lowest BCUT2D eigenvalue weighted by molar-refractivity contribution is -0.131. The lowest BCUT2D eigenvalue weighted by Crippen LogP contribution is -2.45. The van der Waals surface area contributed by atoms with Crippen LogP contribution in [-0.4, -0.2) is 28.8 Å². The second-order valence-corrected chi connectivity index (χ2v) is 4.31. The molecule has 1 heterocycles. The van der Waals surface area contributed by atoms with Crippen LogP contribution in [0.2, 0.25) is 0 Å². The van der Waals surface area contributed by atoms with Gasteiger partial charge >= 0.3 is 0 Å². The highest BCUT2D eigenvalue weighted by Crippen LogP contribution is 2.28. The SMILES string of the molecule is C#CC(C)(CC)N1CC(CCl)CC1=O. The molecule has 3 heteroatoms. The number of terminal acetylenes is 1. The molecule has 78 valence electrons. The molecule has 1 rings (SSSR count). The number of hydrogen-bond donors (Lipinski definition) is 0. The van der Waals surface area contributed by atoms with Gasteiger partial charge in [0, 0.05) is 18.8 Å². The molecule has 0 aromatic rings. The summed E-state index contributed by atoms with van der Waals surface area (Å²) in [5.41, 5.74) is -0.433. The van der Waals surface area contributed by atoms with Gasteiger partial charge in [0.2, 0.25) is 5.91 Å². The summed E-state index contributed by atoms with van der Waals surface area (Å²) in [6.45, 7) is 4.64. The highest BCUT2D eigenvalue weighted by molar-refractivity contribution is 6.18. The summed E-state index contributed by atoms with van der Waals surface area (Å²) in [6.07, 6.45) is 6.79.